The second kappa shape index (κ2) is 8.98. The maximum atomic E-state index is 15.3. The van der Waals surface area contributed by atoms with Gasteiger partial charge in [0.25, 0.3) is 0 Å². The molecule has 5 rings (SSSR count). The molecule has 9 heteroatoms. The van der Waals surface area contributed by atoms with Gasteiger partial charge in [0.05, 0.1) is 30.1 Å². The molecule has 0 spiro atoms. The zero-order valence-corrected chi connectivity index (χ0v) is 19.6. The van der Waals surface area contributed by atoms with Crippen molar-refractivity contribution in [2.45, 2.75) is 39.2 Å². The van der Waals surface area contributed by atoms with Gasteiger partial charge in [0.2, 0.25) is 5.91 Å². The van der Waals surface area contributed by atoms with Gasteiger partial charge in [0.15, 0.2) is 0 Å². The number of fused-ring (bicyclic) bond motifs is 1. The van der Waals surface area contributed by atoms with Crippen LogP contribution in [0.4, 0.5) is 10.1 Å². The highest BCUT2D eigenvalue weighted by atomic mass is 19.1. The van der Waals surface area contributed by atoms with Crippen molar-refractivity contribution >= 4 is 22.5 Å². The maximum absolute atomic E-state index is 15.3. The Hall–Kier alpha value is -3.59. The van der Waals surface area contributed by atoms with E-state index in [1.54, 1.807) is 23.1 Å². The normalized spacial score (nSPS) is 16.8. The molecule has 8 nitrogen and oxygen atoms in total. The van der Waals surface area contributed by atoms with Crippen LogP contribution < -0.4 is 5.32 Å². The average Bonchev–Trinajstić information content (AvgIpc) is 3.40. The van der Waals surface area contributed by atoms with Crippen LogP contribution in [0.15, 0.2) is 36.8 Å². The fraction of sp³-hybridized carbons (Fsp3) is 0.360. The Labute approximate surface area is 197 Å². The SMILES string of the molecule is Cc1cc(NC(=O)CN2CCCC[C@@H]2C)cc(F)c1-c1cc2c(-c3cnn(C)c3)n[nH]c2cn1. The van der Waals surface area contributed by atoms with Crippen molar-refractivity contribution < 1.29 is 9.18 Å². The molecular weight excluding hydrogens is 433 g/mol. The van der Waals surface area contributed by atoms with Crippen LogP contribution in [0.5, 0.6) is 0 Å². The van der Waals surface area contributed by atoms with E-state index in [1.807, 2.05) is 26.2 Å². The lowest BCUT2D eigenvalue weighted by Gasteiger charge is -2.32. The van der Waals surface area contributed by atoms with E-state index in [0.717, 1.165) is 41.5 Å². The topological polar surface area (TPSA) is 91.7 Å². The molecule has 176 valence electrons. The van der Waals surface area contributed by atoms with Crippen LogP contribution in [-0.4, -0.2) is 54.9 Å². The first-order chi connectivity index (χ1) is 16.4. The summed E-state index contributed by atoms with van der Waals surface area (Å²) >= 11 is 0. The first-order valence-corrected chi connectivity index (χ1v) is 11.6. The van der Waals surface area contributed by atoms with Gasteiger partial charge >= 0.3 is 0 Å². The average molecular weight is 462 g/mol. The number of nitrogens with one attached hydrogen (secondary N) is 2. The number of anilines is 1. The minimum Gasteiger partial charge on any atom is -0.325 e. The fourth-order valence-electron chi connectivity index (χ4n) is 4.74. The second-order valence-electron chi connectivity index (χ2n) is 9.10. The highest BCUT2D eigenvalue weighted by Gasteiger charge is 2.21. The van der Waals surface area contributed by atoms with Gasteiger partial charge in [-0.3, -0.25) is 24.5 Å². The molecule has 0 radical (unpaired) electrons. The highest BCUT2D eigenvalue weighted by molar-refractivity contribution is 5.95. The van der Waals surface area contributed by atoms with Crippen LogP contribution >= 0.6 is 0 Å². The Morgan fingerprint density at radius 3 is 2.85 bits per heavy atom. The summed E-state index contributed by atoms with van der Waals surface area (Å²) in [4.78, 5) is 19.2. The third-order valence-electron chi connectivity index (χ3n) is 6.54. The quantitative estimate of drug-likeness (QED) is 0.463. The molecule has 4 heterocycles. The number of aryl methyl sites for hydroxylation is 2. The fourth-order valence-corrected chi connectivity index (χ4v) is 4.74. The number of rotatable bonds is 5. The predicted molar refractivity (Wildman–Crippen MR) is 130 cm³/mol. The molecule has 0 saturated carbocycles. The number of hydrogen-bond donors (Lipinski definition) is 2. The number of carbonyl (C=O) groups is 1. The number of H-pyrrole nitrogens is 1. The third-order valence-corrected chi connectivity index (χ3v) is 6.54. The number of amides is 1. The Morgan fingerprint density at radius 2 is 2.12 bits per heavy atom. The van der Waals surface area contributed by atoms with Crippen LogP contribution in [0.2, 0.25) is 0 Å². The van der Waals surface area contributed by atoms with Crippen molar-refractivity contribution in [2.24, 2.45) is 7.05 Å². The molecule has 0 aliphatic carbocycles. The van der Waals surface area contributed by atoms with Crippen molar-refractivity contribution in [1.29, 1.82) is 0 Å². The van der Waals surface area contributed by atoms with Gasteiger partial charge in [0.1, 0.15) is 11.5 Å². The van der Waals surface area contributed by atoms with Crippen molar-refractivity contribution in [1.82, 2.24) is 29.9 Å². The maximum Gasteiger partial charge on any atom is 0.238 e. The Bertz CT molecular complexity index is 1340. The number of pyridine rings is 1. The van der Waals surface area contributed by atoms with Crippen LogP contribution in [-0.2, 0) is 11.8 Å². The van der Waals surface area contributed by atoms with Crippen LogP contribution in [0.25, 0.3) is 33.4 Å². The van der Waals surface area contributed by atoms with Gasteiger partial charge in [-0.25, -0.2) is 4.39 Å². The van der Waals surface area contributed by atoms with E-state index in [0.29, 0.717) is 35.1 Å². The second-order valence-corrected chi connectivity index (χ2v) is 9.10. The van der Waals surface area contributed by atoms with E-state index in [9.17, 15) is 4.79 Å². The Kier molecular flexibility index (Phi) is 5.87. The monoisotopic (exact) mass is 461 g/mol. The molecule has 1 amide bonds. The van der Waals surface area contributed by atoms with Crippen molar-refractivity contribution in [3.63, 3.8) is 0 Å². The van der Waals surface area contributed by atoms with Crippen LogP contribution in [0.1, 0.15) is 31.7 Å². The van der Waals surface area contributed by atoms with E-state index in [1.165, 1.54) is 12.5 Å². The number of benzene rings is 1. The minimum absolute atomic E-state index is 0.126. The summed E-state index contributed by atoms with van der Waals surface area (Å²) in [6, 6.07) is 5.38. The standard InChI is InChI=1S/C25H28FN7O/c1-15-8-18(29-23(34)14-33-7-5-4-6-16(33)2)9-20(26)24(15)21-10-19-22(12-27-21)30-31-25(19)17-11-28-32(3)13-17/h8-13,16H,4-7,14H2,1-3H3,(H,29,34)(H,30,31)/t16-/m0/s1. The van der Waals surface area contributed by atoms with Gasteiger partial charge in [0, 0.05) is 41.5 Å². The molecule has 1 aliphatic heterocycles. The third kappa shape index (κ3) is 4.31. The first-order valence-electron chi connectivity index (χ1n) is 11.6. The molecule has 0 unspecified atom stereocenters. The lowest BCUT2D eigenvalue weighted by Crippen LogP contribution is -2.42. The largest absolute Gasteiger partial charge is 0.325 e. The minimum atomic E-state index is -0.431. The van der Waals surface area contributed by atoms with Crippen molar-refractivity contribution in [2.75, 3.05) is 18.4 Å². The van der Waals surface area contributed by atoms with Crippen LogP contribution in [0.3, 0.4) is 0 Å². The summed E-state index contributed by atoms with van der Waals surface area (Å²) in [7, 11) is 1.84. The Balaban J connectivity index is 1.40. The molecule has 0 bridgehead atoms. The zero-order chi connectivity index (χ0) is 23.8. The molecule has 1 aromatic carbocycles. The number of aromatic amines is 1. The van der Waals surface area contributed by atoms with E-state index in [2.05, 4.69) is 37.4 Å². The molecule has 1 aliphatic rings. The van der Waals surface area contributed by atoms with E-state index < -0.39 is 5.82 Å². The molecule has 1 atom stereocenters. The number of hydrogen-bond acceptors (Lipinski definition) is 5. The molecule has 4 aromatic rings. The number of piperidine rings is 1. The van der Waals surface area contributed by atoms with E-state index in [-0.39, 0.29) is 5.91 Å². The summed E-state index contributed by atoms with van der Waals surface area (Å²) in [5.74, 6) is -0.556. The van der Waals surface area contributed by atoms with Gasteiger partial charge in [-0.1, -0.05) is 6.42 Å². The molecule has 2 N–H and O–H groups in total. The number of nitrogens with zero attached hydrogens (tertiary/aromatic N) is 5. The summed E-state index contributed by atoms with van der Waals surface area (Å²) in [5, 5.41) is 15.3. The van der Waals surface area contributed by atoms with Crippen molar-refractivity contribution in [3.05, 3.63) is 48.2 Å². The molecule has 34 heavy (non-hydrogen) atoms. The predicted octanol–water partition coefficient (Wildman–Crippen LogP) is 4.29. The smallest absolute Gasteiger partial charge is 0.238 e. The Morgan fingerprint density at radius 1 is 1.26 bits per heavy atom. The highest BCUT2D eigenvalue weighted by Crippen LogP contribution is 2.32. The van der Waals surface area contributed by atoms with Crippen LogP contribution in [0, 0.1) is 12.7 Å². The number of halogens is 1. The van der Waals surface area contributed by atoms with Gasteiger partial charge in [-0.2, -0.15) is 10.2 Å². The van der Waals surface area contributed by atoms with Gasteiger partial charge < -0.3 is 5.32 Å². The summed E-state index contributed by atoms with van der Waals surface area (Å²) in [6.45, 7) is 5.21. The van der Waals surface area contributed by atoms with Crippen molar-refractivity contribution in [3.8, 4) is 22.5 Å². The molecule has 1 fully saturated rings. The van der Waals surface area contributed by atoms with Gasteiger partial charge in [-0.15, -0.1) is 0 Å². The molecular formula is C25H28FN7O. The summed E-state index contributed by atoms with van der Waals surface area (Å²) in [6.07, 6.45) is 8.69. The molecule has 1 saturated heterocycles. The number of aromatic nitrogens is 5. The van der Waals surface area contributed by atoms with E-state index in [4.69, 9.17) is 0 Å². The number of carbonyl (C=O) groups excluding carboxylic acids is 1. The first kappa shape index (κ1) is 22.2. The van der Waals surface area contributed by atoms with Gasteiger partial charge in [-0.05, 0) is 57.0 Å². The lowest BCUT2D eigenvalue weighted by molar-refractivity contribution is -0.118. The molecule has 3 aromatic heterocycles. The summed E-state index contributed by atoms with van der Waals surface area (Å²) < 4.78 is 17.0. The van der Waals surface area contributed by atoms with E-state index >= 15 is 4.39 Å². The lowest BCUT2D eigenvalue weighted by atomic mass is 10.0. The summed E-state index contributed by atoms with van der Waals surface area (Å²) in [5.41, 5.74) is 4.42. The zero-order valence-electron chi connectivity index (χ0n) is 19.6. The number of likely N-dealkylation sites (tertiary alicyclic amines) is 1.